The summed E-state index contributed by atoms with van der Waals surface area (Å²) in [5, 5.41) is 10.1. The van der Waals surface area contributed by atoms with Gasteiger partial charge in [0.15, 0.2) is 0 Å². The van der Waals surface area contributed by atoms with Crippen LogP contribution >= 0.6 is 0 Å². The maximum Gasteiger partial charge on any atom is 0.254 e. The molecule has 0 bridgehead atoms. The van der Waals surface area contributed by atoms with Crippen molar-refractivity contribution in [1.82, 2.24) is 20.4 Å². The number of hydrogen-bond donors (Lipinski definition) is 2. The van der Waals surface area contributed by atoms with Crippen LogP contribution in [0.15, 0.2) is 12.4 Å². The molecule has 2 rings (SSSR count). The SMILES string of the molecule is CCn1cc(C(=O)NCC2CNC2)cn1. The van der Waals surface area contributed by atoms with Gasteiger partial charge in [-0.2, -0.15) is 5.10 Å². The van der Waals surface area contributed by atoms with Crippen LogP contribution in [0.2, 0.25) is 0 Å². The van der Waals surface area contributed by atoms with Gasteiger partial charge in [-0.3, -0.25) is 9.48 Å². The zero-order chi connectivity index (χ0) is 10.7. The Balaban J connectivity index is 1.83. The van der Waals surface area contributed by atoms with E-state index in [0.29, 0.717) is 11.5 Å². The van der Waals surface area contributed by atoms with Gasteiger partial charge in [0.05, 0.1) is 11.8 Å². The van der Waals surface area contributed by atoms with Gasteiger partial charge in [-0.1, -0.05) is 0 Å². The average Bonchev–Trinajstić information content (AvgIpc) is 2.63. The zero-order valence-electron chi connectivity index (χ0n) is 8.86. The van der Waals surface area contributed by atoms with Crippen molar-refractivity contribution in [1.29, 1.82) is 0 Å². The summed E-state index contributed by atoms with van der Waals surface area (Å²) in [7, 11) is 0. The summed E-state index contributed by atoms with van der Waals surface area (Å²) >= 11 is 0. The molecule has 2 heterocycles. The molecule has 1 fully saturated rings. The highest BCUT2D eigenvalue weighted by Gasteiger charge is 2.17. The second-order valence-corrected chi connectivity index (χ2v) is 3.82. The fraction of sp³-hybridized carbons (Fsp3) is 0.600. The van der Waals surface area contributed by atoms with Gasteiger partial charge in [-0.05, 0) is 6.92 Å². The maximum atomic E-state index is 11.6. The zero-order valence-corrected chi connectivity index (χ0v) is 8.86. The molecular formula is C10H16N4O. The van der Waals surface area contributed by atoms with Crippen LogP contribution in [-0.2, 0) is 6.54 Å². The lowest BCUT2D eigenvalue weighted by Crippen LogP contribution is -2.48. The number of hydrogen-bond acceptors (Lipinski definition) is 3. The first kappa shape index (κ1) is 10.2. The van der Waals surface area contributed by atoms with Crippen molar-refractivity contribution < 1.29 is 4.79 Å². The van der Waals surface area contributed by atoms with Crippen LogP contribution in [0.4, 0.5) is 0 Å². The minimum Gasteiger partial charge on any atom is -0.352 e. The van der Waals surface area contributed by atoms with Gasteiger partial charge in [0.1, 0.15) is 0 Å². The lowest BCUT2D eigenvalue weighted by molar-refractivity contribution is 0.0942. The summed E-state index contributed by atoms with van der Waals surface area (Å²) in [6.07, 6.45) is 3.38. The molecule has 1 aromatic rings. The summed E-state index contributed by atoms with van der Waals surface area (Å²) < 4.78 is 1.75. The molecule has 0 saturated carbocycles. The standard InChI is InChI=1S/C10H16N4O/c1-2-14-7-9(6-13-14)10(15)12-5-8-3-11-4-8/h6-8,11H,2-5H2,1H3,(H,12,15). The van der Waals surface area contributed by atoms with E-state index in [9.17, 15) is 4.79 Å². The van der Waals surface area contributed by atoms with Crippen molar-refractivity contribution in [2.75, 3.05) is 19.6 Å². The molecule has 0 radical (unpaired) electrons. The Labute approximate surface area is 88.8 Å². The molecule has 0 aliphatic carbocycles. The first-order chi connectivity index (χ1) is 7.29. The fourth-order valence-corrected chi connectivity index (χ4v) is 1.49. The maximum absolute atomic E-state index is 11.6. The van der Waals surface area contributed by atoms with Gasteiger partial charge < -0.3 is 10.6 Å². The molecule has 2 N–H and O–H groups in total. The van der Waals surface area contributed by atoms with Gasteiger partial charge in [-0.15, -0.1) is 0 Å². The number of nitrogens with zero attached hydrogens (tertiary/aromatic N) is 2. The largest absolute Gasteiger partial charge is 0.352 e. The summed E-state index contributed by atoms with van der Waals surface area (Å²) in [4.78, 5) is 11.6. The number of aromatic nitrogens is 2. The topological polar surface area (TPSA) is 59.0 Å². The van der Waals surface area contributed by atoms with E-state index >= 15 is 0 Å². The molecule has 0 atom stereocenters. The summed E-state index contributed by atoms with van der Waals surface area (Å²) in [5.74, 6) is 0.566. The molecule has 0 spiro atoms. The number of amides is 1. The Kier molecular flexibility index (Phi) is 3.01. The Hall–Kier alpha value is -1.36. The highest BCUT2D eigenvalue weighted by Crippen LogP contribution is 2.02. The number of carbonyl (C=O) groups excluding carboxylic acids is 1. The summed E-state index contributed by atoms with van der Waals surface area (Å²) in [6, 6.07) is 0. The van der Waals surface area contributed by atoms with E-state index in [1.165, 1.54) is 0 Å². The molecule has 1 amide bonds. The molecule has 1 aromatic heterocycles. The van der Waals surface area contributed by atoms with Gasteiger partial charge in [0.25, 0.3) is 5.91 Å². The van der Waals surface area contributed by atoms with Crippen LogP contribution < -0.4 is 10.6 Å². The molecule has 0 aromatic carbocycles. The van der Waals surface area contributed by atoms with E-state index in [4.69, 9.17) is 0 Å². The van der Waals surface area contributed by atoms with Crippen molar-refractivity contribution in [2.45, 2.75) is 13.5 Å². The second kappa shape index (κ2) is 4.44. The van der Waals surface area contributed by atoms with Crippen molar-refractivity contribution in [3.05, 3.63) is 18.0 Å². The summed E-state index contributed by atoms with van der Waals surface area (Å²) in [6.45, 7) is 5.56. The molecule has 1 saturated heterocycles. The Morgan fingerprint density at radius 3 is 3.07 bits per heavy atom. The third-order valence-corrected chi connectivity index (χ3v) is 2.64. The molecular weight excluding hydrogens is 192 g/mol. The van der Waals surface area contributed by atoms with E-state index in [-0.39, 0.29) is 5.91 Å². The Morgan fingerprint density at radius 1 is 1.73 bits per heavy atom. The van der Waals surface area contributed by atoms with Crippen LogP contribution in [0, 0.1) is 5.92 Å². The predicted molar refractivity (Wildman–Crippen MR) is 56.6 cm³/mol. The first-order valence-electron chi connectivity index (χ1n) is 5.31. The monoisotopic (exact) mass is 208 g/mol. The van der Waals surface area contributed by atoms with E-state index in [2.05, 4.69) is 15.7 Å². The van der Waals surface area contributed by atoms with E-state index in [1.807, 2.05) is 6.92 Å². The van der Waals surface area contributed by atoms with Crippen LogP contribution in [-0.4, -0.2) is 35.3 Å². The number of carbonyl (C=O) groups is 1. The molecule has 0 unspecified atom stereocenters. The van der Waals surface area contributed by atoms with Crippen molar-refractivity contribution >= 4 is 5.91 Å². The molecule has 5 nitrogen and oxygen atoms in total. The van der Waals surface area contributed by atoms with Crippen molar-refractivity contribution in [2.24, 2.45) is 5.92 Å². The minimum absolute atomic E-state index is 0.0263. The van der Waals surface area contributed by atoms with Crippen LogP contribution in [0.25, 0.3) is 0 Å². The normalized spacial score (nSPS) is 16.1. The lowest BCUT2D eigenvalue weighted by atomic mass is 10.0. The number of nitrogens with one attached hydrogen (secondary N) is 2. The smallest absolute Gasteiger partial charge is 0.254 e. The first-order valence-corrected chi connectivity index (χ1v) is 5.31. The number of aryl methyl sites for hydroxylation is 1. The van der Waals surface area contributed by atoms with E-state index in [0.717, 1.165) is 26.2 Å². The van der Waals surface area contributed by atoms with Crippen molar-refractivity contribution in [3.63, 3.8) is 0 Å². The van der Waals surface area contributed by atoms with Gasteiger partial charge in [-0.25, -0.2) is 0 Å². The Morgan fingerprint density at radius 2 is 2.53 bits per heavy atom. The summed E-state index contributed by atoms with van der Waals surface area (Å²) in [5.41, 5.74) is 0.643. The second-order valence-electron chi connectivity index (χ2n) is 3.82. The quantitative estimate of drug-likeness (QED) is 0.723. The molecule has 1 aliphatic heterocycles. The van der Waals surface area contributed by atoms with Crippen LogP contribution in [0.3, 0.4) is 0 Å². The highest BCUT2D eigenvalue weighted by atomic mass is 16.1. The fourth-order valence-electron chi connectivity index (χ4n) is 1.49. The van der Waals surface area contributed by atoms with Gasteiger partial charge in [0, 0.05) is 38.3 Å². The molecule has 15 heavy (non-hydrogen) atoms. The number of rotatable bonds is 4. The molecule has 82 valence electrons. The van der Waals surface area contributed by atoms with Crippen LogP contribution in [0.1, 0.15) is 17.3 Å². The van der Waals surface area contributed by atoms with E-state index < -0.39 is 0 Å². The van der Waals surface area contributed by atoms with Crippen LogP contribution in [0.5, 0.6) is 0 Å². The third kappa shape index (κ3) is 2.36. The minimum atomic E-state index is -0.0263. The third-order valence-electron chi connectivity index (χ3n) is 2.64. The highest BCUT2D eigenvalue weighted by molar-refractivity contribution is 5.93. The van der Waals surface area contributed by atoms with Gasteiger partial charge >= 0.3 is 0 Å². The average molecular weight is 208 g/mol. The van der Waals surface area contributed by atoms with Crippen molar-refractivity contribution in [3.8, 4) is 0 Å². The van der Waals surface area contributed by atoms with E-state index in [1.54, 1.807) is 17.1 Å². The Bertz CT molecular complexity index is 343. The molecule has 5 heteroatoms. The molecule has 1 aliphatic rings. The van der Waals surface area contributed by atoms with Gasteiger partial charge in [0.2, 0.25) is 0 Å². The lowest BCUT2D eigenvalue weighted by Gasteiger charge is -2.26. The predicted octanol–water partition coefficient (Wildman–Crippen LogP) is -0.148.